The van der Waals surface area contributed by atoms with Gasteiger partial charge < -0.3 is 0 Å². The van der Waals surface area contributed by atoms with Crippen LogP contribution in [0.4, 0.5) is 5.69 Å². The van der Waals surface area contributed by atoms with Crippen molar-refractivity contribution in [3.05, 3.63) is 39.2 Å². The Morgan fingerprint density at radius 2 is 2.33 bits per heavy atom. The predicted octanol–water partition coefficient (Wildman–Crippen LogP) is 3.15. The minimum absolute atomic E-state index is 0.192. The van der Waals surface area contributed by atoms with Gasteiger partial charge in [0.15, 0.2) is 0 Å². The van der Waals surface area contributed by atoms with Crippen LogP contribution in [0.2, 0.25) is 5.02 Å². The Labute approximate surface area is 73.6 Å². The van der Waals surface area contributed by atoms with Crippen LogP contribution in [0.3, 0.4) is 0 Å². The summed E-state index contributed by atoms with van der Waals surface area (Å²) in [4.78, 5) is 2.57. The molecule has 1 aromatic rings. The summed E-state index contributed by atoms with van der Waals surface area (Å²) in [6.45, 7) is 0. The van der Waals surface area contributed by atoms with Crippen molar-refractivity contribution in [2.24, 2.45) is 5.11 Å². The maximum Gasteiger partial charge on any atom is 0.101 e. The summed E-state index contributed by atoms with van der Waals surface area (Å²) < 4.78 is 0. The molecule has 0 spiro atoms. The molecule has 58 valence electrons. The second kappa shape index (κ2) is 3.63. The standard InChI is InChI=1S/C7H3ClN4/c8-7-5(4-9)2-1-3-6(7)11-12-10/h1-3H. The van der Waals surface area contributed by atoms with Crippen molar-refractivity contribution >= 4 is 17.3 Å². The molecule has 0 unspecified atom stereocenters. The first-order chi connectivity index (χ1) is 5.79. The van der Waals surface area contributed by atoms with Gasteiger partial charge >= 0.3 is 0 Å². The normalized spacial score (nSPS) is 8.33. The first-order valence-corrected chi connectivity index (χ1v) is 3.41. The fourth-order valence-electron chi connectivity index (χ4n) is 0.732. The molecule has 5 heteroatoms. The topological polar surface area (TPSA) is 72.5 Å². The number of halogens is 1. The summed E-state index contributed by atoms with van der Waals surface area (Å²) in [5.74, 6) is 0. The lowest BCUT2D eigenvalue weighted by atomic mass is 10.2. The molecular formula is C7H3ClN4. The third-order valence-electron chi connectivity index (χ3n) is 1.25. The zero-order valence-corrected chi connectivity index (χ0v) is 6.65. The van der Waals surface area contributed by atoms with Crippen molar-refractivity contribution in [1.82, 2.24) is 0 Å². The van der Waals surface area contributed by atoms with Gasteiger partial charge in [0.2, 0.25) is 0 Å². The highest BCUT2D eigenvalue weighted by atomic mass is 35.5. The Bertz CT molecular complexity index is 387. The molecule has 0 radical (unpaired) electrons. The number of nitriles is 1. The lowest BCUT2D eigenvalue weighted by molar-refractivity contribution is 1.43. The van der Waals surface area contributed by atoms with E-state index in [4.69, 9.17) is 22.4 Å². The van der Waals surface area contributed by atoms with E-state index in [2.05, 4.69) is 10.0 Å². The maximum atomic E-state index is 8.54. The monoisotopic (exact) mass is 178 g/mol. The lowest BCUT2D eigenvalue weighted by Crippen LogP contribution is -1.75. The minimum Gasteiger partial charge on any atom is -0.192 e. The summed E-state index contributed by atoms with van der Waals surface area (Å²) in [5, 5.41) is 12.0. The molecule has 1 rings (SSSR count). The van der Waals surface area contributed by atoms with Gasteiger partial charge in [-0.2, -0.15) is 5.26 Å². The molecule has 0 aromatic heterocycles. The number of rotatable bonds is 1. The van der Waals surface area contributed by atoms with Gasteiger partial charge in [-0.15, -0.1) is 0 Å². The molecule has 0 aliphatic heterocycles. The average Bonchev–Trinajstić information content (AvgIpc) is 2.09. The van der Waals surface area contributed by atoms with E-state index in [1.54, 1.807) is 18.2 Å². The van der Waals surface area contributed by atoms with Gasteiger partial charge in [0.05, 0.1) is 16.3 Å². The van der Waals surface area contributed by atoms with E-state index in [0.717, 1.165) is 0 Å². The van der Waals surface area contributed by atoms with Crippen molar-refractivity contribution < 1.29 is 0 Å². The molecule has 0 amide bonds. The van der Waals surface area contributed by atoms with Crippen LogP contribution in [0.1, 0.15) is 5.56 Å². The summed E-state index contributed by atoms with van der Waals surface area (Å²) in [6, 6.07) is 6.58. The van der Waals surface area contributed by atoms with Crippen LogP contribution in [0.15, 0.2) is 23.3 Å². The molecule has 0 aliphatic rings. The van der Waals surface area contributed by atoms with Crippen LogP contribution in [0, 0.1) is 11.3 Å². The van der Waals surface area contributed by atoms with Crippen molar-refractivity contribution in [3.63, 3.8) is 0 Å². The van der Waals surface area contributed by atoms with Crippen molar-refractivity contribution in [2.45, 2.75) is 0 Å². The van der Waals surface area contributed by atoms with Crippen molar-refractivity contribution in [3.8, 4) is 6.07 Å². The van der Waals surface area contributed by atoms with E-state index >= 15 is 0 Å². The molecule has 4 nitrogen and oxygen atoms in total. The molecule has 0 aliphatic carbocycles. The van der Waals surface area contributed by atoms with Gasteiger partial charge in [-0.3, -0.25) is 0 Å². The molecule has 0 fully saturated rings. The zero-order chi connectivity index (χ0) is 8.97. The fourth-order valence-corrected chi connectivity index (χ4v) is 0.938. The highest BCUT2D eigenvalue weighted by molar-refractivity contribution is 6.34. The first-order valence-electron chi connectivity index (χ1n) is 3.03. The van der Waals surface area contributed by atoms with E-state index in [1.807, 2.05) is 6.07 Å². The Kier molecular flexibility index (Phi) is 2.54. The van der Waals surface area contributed by atoms with E-state index in [9.17, 15) is 0 Å². The molecule has 12 heavy (non-hydrogen) atoms. The molecule has 0 bridgehead atoms. The van der Waals surface area contributed by atoms with Gasteiger partial charge in [-0.1, -0.05) is 28.8 Å². The van der Waals surface area contributed by atoms with Crippen LogP contribution in [0.5, 0.6) is 0 Å². The number of azide groups is 1. The lowest BCUT2D eigenvalue weighted by Gasteiger charge is -1.96. The van der Waals surface area contributed by atoms with Gasteiger partial charge in [-0.05, 0) is 11.6 Å². The Morgan fingerprint density at radius 3 is 2.92 bits per heavy atom. The SMILES string of the molecule is N#Cc1cccc(N=[N+]=[N-])c1Cl. The summed E-state index contributed by atoms with van der Waals surface area (Å²) >= 11 is 5.70. The van der Waals surface area contributed by atoms with Gasteiger partial charge in [0.25, 0.3) is 0 Å². The average molecular weight is 179 g/mol. The Hall–Kier alpha value is -1.69. The highest BCUT2D eigenvalue weighted by Gasteiger charge is 2.02. The first kappa shape index (κ1) is 8.41. The van der Waals surface area contributed by atoms with Gasteiger partial charge in [-0.25, -0.2) is 0 Å². The molecule has 1 aromatic carbocycles. The van der Waals surface area contributed by atoms with Crippen LogP contribution in [-0.4, -0.2) is 0 Å². The fraction of sp³-hybridized carbons (Fsp3) is 0. The molecule has 0 heterocycles. The summed E-state index contributed by atoms with van der Waals surface area (Å²) in [5.41, 5.74) is 8.71. The smallest absolute Gasteiger partial charge is 0.101 e. The number of nitrogens with zero attached hydrogens (tertiary/aromatic N) is 4. The molecule has 0 N–H and O–H groups in total. The summed E-state index contributed by atoms with van der Waals surface area (Å²) in [7, 11) is 0. The van der Waals surface area contributed by atoms with Crippen molar-refractivity contribution in [1.29, 1.82) is 5.26 Å². The quantitative estimate of drug-likeness (QED) is 0.370. The minimum atomic E-state index is 0.192. The predicted molar refractivity (Wildman–Crippen MR) is 45.0 cm³/mol. The number of benzene rings is 1. The second-order valence-electron chi connectivity index (χ2n) is 1.94. The molecular weight excluding hydrogens is 176 g/mol. The van der Waals surface area contributed by atoms with E-state index in [-0.39, 0.29) is 10.7 Å². The maximum absolute atomic E-state index is 8.54. The Morgan fingerprint density at radius 1 is 1.58 bits per heavy atom. The van der Waals surface area contributed by atoms with Crippen molar-refractivity contribution in [2.75, 3.05) is 0 Å². The third-order valence-corrected chi connectivity index (χ3v) is 1.65. The second-order valence-corrected chi connectivity index (χ2v) is 2.32. The van der Waals surface area contributed by atoms with Crippen LogP contribution in [0.25, 0.3) is 10.4 Å². The number of hydrogen-bond donors (Lipinski definition) is 0. The van der Waals surface area contributed by atoms with Gasteiger partial charge in [0, 0.05) is 4.91 Å². The van der Waals surface area contributed by atoms with Gasteiger partial charge in [0.1, 0.15) is 6.07 Å². The van der Waals surface area contributed by atoms with Crippen LogP contribution >= 0.6 is 11.6 Å². The van der Waals surface area contributed by atoms with Crippen LogP contribution in [-0.2, 0) is 0 Å². The highest BCUT2D eigenvalue weighted by Crippen LogP contribution is 2.27. The third kappa shape index (κ3) is 1.48. The largest absolute Gasteiger partial charge is 0.192 e. The molecule has 0 saturated heterocycles. The molecule has 0 saturated carbocycles. The molecule has 0 atom stereocenters. The zero-order valence-electron chi connectivity index (χ0n) is 5.90. The van der Waals surface area contributed by atoms with E-state index in [1.165, 1.54) is 0 Å². The van der Waals surface area contributed by atoms with Crippen LogP contribution < -0.4 is 0 Å². The summed E-state index contributed by atoms with van der Waals surface area (Å²) in [6.07, 6.45) is 0. The Balaban J connectivity index is 3.34. The number of hydrogen-bond acceptors (Lipinski definition) is 2. The van der Waals surface area contributed by atoms with E-state index < -0.39 is 0 Å². The van der Waals surface area contributed by atoms with E-state index in [0.29, 0.717) is 5.56 Å².